The van der Waals surface area contributed by atoms with Crippen molar-refractivity contribution in [1.29, 1.82) is 0 Å². The fourth-order valence-corrected chi connectivity index (χ4v) is 4.82. The van der Waals surface area contributed by atoms with Crippen molar-refractivity contribution in [1.82, 2.24) is 4.90 Å². The summed E-state index contributed by atoms with van der Waals surface area (Å²) in [5.41, 5.74) is 1.70. The maximum absolute atomic E-state index is 13.6. The van der Waals surface area contributed by atoms with Crippen LogP contribution in [0.25, 0.3) is 0 Å². The number of hydrogen-bond acceptors (Lipinski definition) is 5. The minimum Gasteiger partial charge on any atom is -0.451 e. The predicted octanol–water partition coefficient (Wildman–Crippen LogP) is 4.83. The molecule has 3 rings (SSSR count). The monoisotopic (exact) mass is 468 g/mol. The van der Waals surface area contributed by atoms with Crippen LogP contribution in [0.4, 0.5) is 5.69 Å². The molecule has 162 valence electrons. The van der Waals surface area contributed by atoms with Crippen LogP contribution in [0.2, 0.25) is 5.02 Å². The summed E-state index contributed by atoms with van der Waals surface area (Å²) in [7, 11) is 4.00. The summed E-state index contributed by atoms with van der Waals surface area (Å²) in [6.07, 6.45) is -0.122. The Kier molecular flexibility index (Phi) is 9.04. The number of nitrogens with zero attached hydrogens (tertiary/aromatic N) is 2. The first-order valence-corrected chi connectivity index (χ1v) is 10.8. The predicted molar refractivity (Wildman–Crippen MR) is 125 cm³/mol. The van der Waals surface area contributed by atoms with Gasteiger partial charge in [-0.15, -0.1) is 24.2 Å². The Morgan fingerprint density at radius 2 is 1.90 bits per heavy atom. The van der Waals surface area contributed by atoms with Crippen LogP contribution in [0, 0.1) is 0 Å². The fourth-order valence-electron chi connectivity index (χ4n) is 3.35. The Hall–Kier alpha value is -1.73. The molecule has 2 aromatic carbocycles. The van der Waals surface area contributed by atoms with E-state index in [1.165, 1.54) is 18.7 Å². The zero-order valence-corrected chi connectivity index (χ0v) is 19.6. The van der Waals surface area contributed by atoms with Gasteiger partial charge >= 0.3 is 5.97 Å². The first-order valence-electron chi connectivity index (χ1n) is 9.51. The zero-order chi connectivity index (χ0) is 21.0. The molecule has 2 unspecified atom stereocenters. The van der Waals surface area contributed by atoms with Crippen molar-refractivity contribution in [3.05, 3.63) is 59.1 Å². The Morgan fingerprint density at radius 1 is 1.20 bits per heavy atom. The largest absolute Gasteiger partial charge is 0.451 e. The highest BCUT2D eigenvalue weighted by Crippen LogP contribution is 2.47. The molecule has 0 spiro atoms. The third-order valence-electron chi connectivity index (χ3n) is 4.66. The number of benzene rings is 2. The Labute approximate surface area is 193 Å². The van der Waals surface area contributed by atoms with Gasteiger partial charge in [0.1, 0.15) is 0 Å². The van der Waals surface area contributed by atoms with Crippen molar-refractivity contribution in [2.75, 3.05) is 32.1 Å². The van der Waals surface area contributed by atoms with Crippen molar-refractivity contribution in [2.24, 2.45) is 0 Å². The first kappa shape index (κ1) is 24.5. The molecular formula is C22H26Cl2N2O3S. The lowest BCUT2D eigenvalue weighted by Gasteiger charge is -2.28. The summed E-state index contributed by atoms with van der Waals surface area (Å²) >= 11 is 7.79. The topological polar surface area (TPSA) is 49.9 Å². The quantitative estimate of drug-likeness (QED) is 0.568. The average Bonchev–Trinajstić information content (AvgIpc) is 2.78. The standard InChI is InChI=1S/C22H25ClN2O3S.ClH/c1-15(26)28-20-21(16-8-5-4-6-9-16)29-19-11-10-17(23)14-18(19)25(22(20)27)13-7-12-24(2)3;/h4-6,8-11,14,20-21H,7,12-13H2,1-3H3;1H. The van der Waals surface area contributed by atoms with E-state index in [-0.39, 0.29) is 23.6 Å². The van der Waals surface area contributed by atoms with Gasteiger partial charge in [0.2, 0.25) is 0 Å². The molecule has 8 heteroatoms. The third-order valence-corrected chi connectivity index (χ3v) is 6.27. The van der Waals surface area contributed by atoms with Gasteiger partial charge in [0.25, 0.3) is 5.91 Å². The molecule has 0 radical (unpaired) electrons. The molecule has 1 aliphatic heterocycles. The number of thioether (sulfide) groups is 1. The summed E-state index contributed by atoms with van der Waals surface area (Å²) in [4.78, 5) is 30.2. The van der Waals surface area contributed by atoms with Crippen molar-refractivity contribution >= 4 is 53.3 Å². The smallest absolute Gasteiger partial charge is 0.303 e. The molecule has 0 aliphatic carbocycles. The first-order chi connectivity index (χ1) is 13.9. The van der Waals surface area contributed by atoms with E-state index in [2.05, 4.69) is 4.90 Å². The lowest BCUT2D eigenvalue weighted by molar-refractivity contribution is -0.152. The fraction of sp³-hybridized carbons (Fsp3) is 0.364. The van der Waals surface area contributed by atoms with E-state index in [4.69, 9.17) is 16.3 Å². The van der Waals surface area contributed by atoms with Gasteiger partial charge in [0.15, 0.2) is 6.10 Å². The lowest BCUT2D eigenvalue weighted by atomic mass is 10.1. The molecule has 0 N–H and O–H groups in total. The normalized spacial score (nSPS) is 18.4. The number of halogens is 2. The molecule has 2 atom stereocenters. The zero-order valence-electron chi connectivity index (χ0n) is 17.2. The van der Waals surface area contributed by atoms with Crippen molar-refractivity contribution in [3.63, 3.8) is 0 Å². The van der Waals surface area contributed by atoms with E-state index in [9.17, 15) is 9.59 Å². The number of ether oxygens (including phenoxy) is 1. The van der Waals surface area contributed by atoms with Gasteiger partial charge in [-0.05, 0) is 50.8 Å². The molecule has 0 aromatic heterocycles. The highest BCUT2D eigenvalue weighted by atomic mass is 35.5. The second-order valence-electron chi connectivity index (χ2n) is 7.24. The van der Waals surface area contributed by atoms with Crippen molar-refractivity contribution in [2.45, 2.75) is 29.6 Å². The number of fused-ring (bicyclic) bond motifs is 1. The minimum atomic E-state index is -0.912. The molecule has 1 heterocycles. The highest BCUT2D eigenvalue weighted by Gasteiger charge is 2.40. The minimum absolute atomic E-state index is 0. The van der Waals surface area contributed by atoms with Crippen LogP contribution >= 0.6 is 35.8 Å². The third kappa shape index (κ3) is 5.91. The summed E-state index contributed by atoms with van der Waals surface area (Å²) in [6.45, 7) is 2.70. The molecule has 2 aromatic rings. The van der Waals surface area contributed by atoms with Crippen LogP contribution in [-0.4, -0.2) is 50.1 Å². The summed E-state index contributed by atoms with van der Waals surface area (Å²) in [5.74, 6) is -0.691. The lowest BCUT2D eigenvalue weighted by Crippen LogP contribution is -2.43. The number of hydrogen-bond donors (Lipinski definition) is 0. The molecule has 1 aliphatic rings. The van der Waals surface area contributed by atoms with E-state index in [0.29, 0.717) is 11.6 Å². The Balaban J connectivity index is 0.00000320. The van der Waals surface area contributed by atoms with Crippen molar-refractivity contribution < 1.29 is 14.3 Å². The maximum Gasteiger partial charge on any atom is 0.303 e. The number of carbonyl (C=O) groups is 2. The van der Waals surface area contributed by atoms with Gasteiger partial charge in [-0.25, -0.2) is 0 Å². The van der Waals surface area contributed by atoms with Crippen LogP contribution < -0.4 is 4.90 Å². The molecule has 0 saturated heterocycles. The number of esters is 1. The van der Waals surface area contributed by atoms with Crippen LogP contribution in [0.5, 0.6) is 0 Å². The van der Waals surface area contributed by atoms with Gasteiger partial charge in [-0.3, -0.25) is 9.59 Å². The van der Waals surface area contributed by atoms with Crippen LogP contribution in [0.3, 0.4) is 0 Å². The van der Waals surface area contributed by atoms with E-state index in [0.717, 1.165) is 29.1 Å². The van der Waals surface area contributed by atoms with Crippen molar-refractivity contribution in [3.8, 4) is 0 Å². The number of carbonyl (C=O) groups excluding carboxylic acids is 2. The van der Waals surface area contributed by atoms with E-state index < -0.39 is 12.1 Å². The van der Waals surface area contributed by atoms with Gasteiger partial charge in [0, 0.05) is 23.4 Å². The maximum atomic E-state index is 13.6. The molecule has 0 bridgehead atoms. The van der Waals surface area contributed by atoms with E-state index in [1.807, 2.05) is 62.6 Å². The second-order valence-corrected chi connectivity index (χ2v) is 8.86. The molecule has 30 heavy (non-hydrogen) atoms. The summed E-state index contributed by atoms with van der Waals surface area (Å²) in [6, 6.07) is 15.3. The van der Waals surface area contributed by atoms with Gasteiger partial charge in [0.05, 0.1) is 10.9 Å². The molecule has 1 amide bonds. The Morgan fingerprint density at radius 3 is 2.53 bits per heavy atom. The van der Waals surface area contributed by atoms with Crippen LogP contribution in [0.15, 0.2) is 53.4 Å². The number of anilines is 1. The molecule has 0 saturated carbocycles. The van der Waals surface area contributed by atoms with Crippen LogP contribution in [-0.2, 0) is 14.3 Å². The van der Waals surface area contributed by atoms with Crippen LogP contribution in [0.1, 0.15) is 24.2 Å². The van der Waals surface area contributed by atoms with Gasteiger partial charge < -0.3 is 14.5 Å². The molecule has 0 fully saturated rings. The summed E-state index contributed by atoms with van der Waals surface area (Å²) < 4.78 is 5.58. The number of amides is 1. The number of rotatable bonds is 6. The average molecular weight is 469 g/mol. The molecular weight excluding hydrogens is 443 g/mol. The van der Waals surface area contributed by atoms with Gasteiger partial charge in [-0.1, -0.05) is 41.9 Å². The van der Waals surface area contributed by atoms with E-state index in [1.54, 1.807) is 4.90 Å². The highest BCUT2D eigenvalue weighted by molar-refractivity contribution is 7.99. The molecule has 5 nitrogen and oxygen atoms in total. The second kappa shape index (κ2) is 11.0. The van der Waals surface area contributed by atoms with E-state index >= 15 is 0 Å². The van der Waals surface area contributed by atoms with Gasteiger partial charge in [-0.2, -0.15) is 0 Å². The summed E-state index contributed by atoms with van der Waals surface area (Å²) in [5, 5.41) is 0.225. The Bertz CT molecular complexity index is 880. The SMILES string of the molecule is CC(=O)OC1C(=O)N(CCCN(C)C)c2cc(Cl)ccc2SC1c1ccccc1.Cl.